The molecule has 1 aromatic rings. The van der Waals surface area contributed by atoms with Gasteiger partial charge >= 0.3 is 0 Å². The SMILES string of the molecule is FC1(F)CCC(Nc2nsnc2Cl)CC1. The second-order valence-corrected chi connectivity index (χ2v) is 4.56. The molecule has 3 nitrogen and oxygen atoms in total. The van der Waals surface area contributed by atoms with Crippen LogP contribution in [0.15, 0.2) is 0 Å². The van der Waals surface area contributed by atoms with Crippen molar-refractivity contribution in [1.29, 1.82) is 0 Å². The topological polar surface area (TPSA) is 37.8 Å². The minimum atomic E-state index is -2.50. The van der Waals surface area contributed by atoms with Crippen LogP contribution in [0.2, 0.25) is 5.15 Å². The first-order chi connectivity index (χ1) is 7.07. The van der Waals surface area contributed by atoms with Gasteiger partial charge in [0.15, 0.2) is 11.0 Å². The molecule has 1 heterocycles. The monoisotopic (exact) mass is 253 g/mol. The van der Waals surface area contributed by atoms with Crippen molar-refractivity contribution in [1.82, 2.24) is 8.75 Å². The Kier molecular flexibility index (Phi) is 3.06. The number of hydrogen-bond acceptors (Lipinski definition) is 4. The highest BCUT2D eigenvalue weighted by molar-refractivity contribution is 6.99. The average Bonchev–Trinajstić information content (AvgIpc) is 2.56. The van der Waals surface area contributed by atoms with E-state index in [0.717, 1.165) is 11.7 Å². The normalized spacial score (nSPS) is 21.5. The van der Waals surface area contributed by atoms with Crippen LogP contribution in [0.1, 0.15) is 25.7 Å². The van der Waals surface area contributed by atoms with Gasteiger partial charge in [-0.2, -0.15) is 8.75 Å². The van der Waals surface area contributed by atoms with Crippen LogP contribution in [0.4, 0.5) is 14.6 Å². The third-order valence-corrected chi connectivity index (χ3v) is 3.40. The third kappa shape index (κ3) is 2.75. The smallest absolute Gasteiger partial charge is 0.248 e. The summed E-state index contributed by atoms with van der Waals surface area (Å²) < 4.78 is 33.5. The molecule has 0 amide bonds. The zero-order valence-electron chi connectivity index (χ0n) is 7.84. The van der Waals surface area contributed by atoms with Crippen LogP contribution >= 0.6 is 23.3 Å². The molecule has 0 bridgehead atoms. The first-order valence-electron chi connectivity index (χ1n) is 4.69. The van der Waals surface area contributed by atoms with E-state index in [4.69, 9.17) is 11.6 Å². The molecule has 1 fully saturated rings. The minimum absolute atomic E-state index is 0.0334. The largest absolute Gasteiger partial charge is 0.364 e. The number of nitrogens with zero attached hydrogens (tertiary/aromatic N) is 2. The molecule has 0 saturated heterocycles. The molecule has 15 heavy (non-hydrogen) atoms. The Morgan fingerprint density at radius 3 is 2.53 bits per heavy atom. The second kappa shape index (κ2) is 4.17. The predicted octanol–water partition coefficient (Wildman–Crippen LogP) is 3.18. The first kappa shape index (κ1) is 11.0. The number of halogens is 3. The summed E-state index contributed by atoms with van der Waals surface area (Å²) in [6.07, 6.45) is 0.751. The van der Waals surface area contributed by atoms with Crippen molar-refractivity contribution < 1.29 is 8.78 Å². The molecular weight excluding hydrogens is 244 g/mol. The molecule has 7 heteroatoms. The van der Waals surface area contributed by atoms with E-state index in [9.17, 15) is 8.78 Å². The Morgan fingerprint density at radius 2 is 2.00 bits per heavy atom. The van der Waals surface area contributed by atoms with E-state index in [1.54, 1.807) is 0 Å². The quantitative estimate of drug-likeness (QED) is 0.880. The van der Waals surface area contributed by atoms with Crippen LogP contribution in [-0.2, 0) is 0 Å². The number of alkyl halides is 2. The standard InChI is InChI=1S/C8H10ClF2N3S/c9-6-7(14-15-13-6)12-5-1-3-8(10,11)4-2-5/h5H,1-4H2,(H,12,14). The number of rotatable bonds is 2. The molecule has 1 aliphatic carbocycles. The fourth-order valence-electron chi connectivity index (χ4n) is 1.64. The van der Waals surface area contributed by atoms with E-state index in [-0.39, 0.29) is 18.9 Å². The van der Waals surface area contributed by atoms with Gasteiger partial charge in [0, 0.05) is 18.9 Å². The van der Waals surface area contributed by atoms with Crippen molar-refractivity contribution in [3.63, 3.8) is 0 Å². The van der Waals surface area contributed by atoms with Crippen LogP contribution in [0.25, 0.3) is 0 Å². The summed E-state index contributed by atoms with van der Waals surface area (Å²) in [5, 5.41) is 3.36. The Morgan fingerprint density at radius 1 is 1.33 bits per heavy atom. The maximum Gasteiger partial charge on any atom is 0.248 e. The second-order valence-electron chi connectivity index (χ2n) is 3.68. The molecular formula is C8H10ClF2N3S. The molecule has 84 valence electrons. The molecule has 1 saturated carbocycles. The van der Waals surface area contributed by atoms with E-state index in [0.29, 0.717) is 23.8 Å². The zero-order valence-corrected chi connectivity index (χ0v) is 9.41. The van der Waals surface area contributed by atoms with Crippen molar-refractivity contribution in [2.75, 3.05) is 5.32 Å². The summed E-state index contributed by atoms with van der Waals surface area (Å²) in [6.45, 7) is 0. The van der Waals surface area contributed by atoms with Crippen molar-refractivity contribution in [3.8, 4) is 0 Å². The summed E-state index contributed by atoms with van der Waals surface area (Å²) >= 11 is 6.75. The maximum absolute atomic E-state index is 12.9. The Balaban J connectivity index is 1.90. The maximum atomic E-state index is 12.9. The lowest BCUT2D eigenvalue weighted by molar-refractivity contribution is -0.0361. The van der Waals surface area contributed by atoms with E-state index >= 15 is 0 Å². The van der Waals surface area contributed by atoms with Crippen LogP contribution in [0.3, 0.4) is 0 Å². The number of hydrogen-bond donors (Lipinski definition) is 1. The van der Waals surface area contributed by atoms with Gasteiger partial charge < -0.3 is 5.32 Å². The van der Waals surface area contributed by atoms with E-state index < -0.39 is 5.92 Å². The zero-order chi connectivity index (χ0) is 10.9. The van der Waals surface area contributed by atoms with Gasteiger partial charge in [0.25, 0.3) is 0 Å². The molecule has 0 unspecified atom stereocenters. The average molecular weight is 254 g/mol. The minimum Gasteiger partial charge on any atom is -0.364 e. The van der Waals surface area contributed by atoms with Crippen molar-refractivity contribution >= 4 is 29.1 Å². The highest BCUT2D eigenvalue weighted by atomic mass is 35.5. The van der Waals surface area contributed by atoms with Crippen LogP contribution in [0, 0.1) is 0 Å². The summed E-state index contributed by atoms with van der Waals surface area (Å²) in [4.78, 5) is 0. The summed E-state index contributed by atoms with van der Waals surface area (Å²) in [5.74, 6) is -1.99. The lowest BCUT2D eigenvalue weighted by atomic mass is 9.92. The van der Waals surface area contributed by atoms with Gasteiger partial charge in [-0.15, -0.1) is 0 Å². The van der Waals surface area contributed by atoms with Gasteiger partial charge in [-0.3, -0.25) is 0 Å². The summed E-state index contributed by atoms with van der Waals surface area (Å²) in [7, 11) is 0. The van der Waals surface area contributed by atoms with Crippen LogP contribution < -0.4 is 5.32 Å². The van der Waals surface area contributed by atoms with Gasteiger partial charge in [0.05, 0.1) is 11.7 Å². The van der Waals surface area contributed by atoms with Crippen molar-refractivity contribution in [3.05, 3.63) is 5.15 Å². The molecule has 1 N–H and O–H groups in total. The van der Waals surface area contributed by atoms with Gasteiger partial charge in [-0.05, 0) is 12.8 Å². The highest BCUT2D eigenvalue weighted by Crippen LogP contribution is 2.34. The Labute approximate surface area is 95.2 Å². The van der Waals surface area contributed by atoms with Crippen molar-refractivity contribution in [2.45, 2.75) is 37.6 Å². The highest BCUT2D eigenvalue weighted by Gasteiger charge is 2.35. The van der Waals surface area contributed by atoms with Gasteiger partial charge in [-0.1, -0.05) is 11.6 Å². The van der Waals surface area contributed by atoms with E-state index in [2.05, 4.69) is 14.1 Å². The fourth-order valence-corrected chi connectivity index (χ4v) is 2.30. The van der Waals surface area contributed by atoms with E-state index in [1.807, 2.05) is 0 Å². The number of nitrogens with one attached hydrogen (secondary N) is 1. The molecule has 0 atom stereocenters. The lowest BCUT2D eigenvalue weighted by Crippen LogP contribution is -2.32. The molecule has 2 rings (SSSR count). The van der Waals surface area contributed by atoms with Gasteiger partial charge in [0.2, 0.25) is 5.92 Å². The molecule has 1 aromatic heterocycles. The molecule has 0 spiro atoms. The van der Waals surface area contributed by atoms with Crippen LogP contribution in [0.5, 0.6) is 0 Å². The van der Waals surface area contributed by atoms with Gasteiger partial charge in [0.1, 0.15) is 0 Å². The summed E-state index contributed by atoms with van der Waals surface area (Å²) in [6, 6.07) is 0.0334. The number of anilines is 1. The predicted molar refractivity (Wildman–Crippen MR) is 55.7 cm³/mol. The van der Waals surface area contributed by atoms with Crippen LogP contribution in [-0.4, -0.2) is 20.7 Å². The number of aromatic nitrogens is 2. The Hall–Kier alpha value is -0.490. The first-order valence-corrected chi connectivity index (χ1v) is 5.80. The third-order valence-electron chi connectivity index (χ3n) is 2.51. The lowest BCUT2D eigenvalue weighted by Gasteiger charge is -2.28. The molecule has 0 aliphatic heterocycles. The fraction of sp³-hybridized carbons (Fsp3) is 0.750. The Bertz CT molecular complexity index is 334. The molecule has 0 radical (unpaired) electrons. The van der Waals surface area contributed by atoms with Crippen molar-refractivity contribution in [2.24, 2.45) is 0 Å². The summed E-state index contributed by atoms with van der Waals surface area (Å²) in [5.41, 5.74) is 0. The molecule has 1 aliphatic rings. The van der Waals surface area contributed by atoms with Gasteiger partial charge in [-0.25, -0.2) is 8.78 Å². The van der Waals surface area contributed by atoms with E-state index in [1.165, 1.54) is 0 Å². The molecule has 0 aromatic carbocycles.